The van der Waals surface area contributed by atoms with Gasteiger partial charge in [0, 0.05) is 28.7 Å². The third-order valence-electron chi connectivity index (χ3n) is 3.82. The first-order chi connectivity index (χ1) is 9.79. The molecule has 0 bridgehead atoms. The molecule has 1 aliphatic carbocycles. The van der Waals surface area contributed by atoms with E-state index >= 15 is 0 Å². The van der Waals surface area contributed by atoms with Crippen LogP contribution in [0.25, 0.3) is 11.4 Å². The Kier molecular flexibility index (Phi) is 4.01. The van der Waals surface area contributed by atoms with E-state index in [1.165, 1.54) is 35.2 Å². The Balaban J connectivity index is 2.05. The minimum absolute atomic E-state index is 0.892. The molecule has 2 aromatic rings. The van der Waals surface area contributed by atoms with Crippen LogP contribution >= 0.6 is 11.3 Å². The average Bonchev–Trinajstić information content (AvgIpc) is 2.90. The summed E-state index contributed by atoms with van der Waals surface area (Å²) in [6, 6.07) is 0. The SMILES string of the molecule is CCCNc1nc(-c2cscc2C)nc2c1CCCC2. The molecule has 0 fully saturated rings. The lowest BCUT2D eigenvalue weighted by atomic mass is 9.96. The molecule has 0 unspecified atom stereocenters. The van der Waals surface area contributed by atoms with Crippen LogP contribution in [0.15, 0.2) is 10.8 Å². The van der Waals surface area contributed by atoms with Gasteiger partial charge < -0.3 is 5.32 Å². The Hall–Kier alpha value is -1.42. The molecule has 0 saturated heterocycles. The fraction of sp³-hybridized carbons (Fsp3) is 0.500. The average molecular weight is 287 g/mol. The van der Waals surface area contributed by atoms with Gasteiger partial charge in [-0.3, -0.25) is 0 Å². The molecule has 0 radical (unpaired) electrons. The van der Waals surface area contributed by atoms with Crippen molar-refractivity contribution >= 4 is 17.2 Å². The van der Waals surface area contributed by atoms with E-state index in [0.717, 1.165) is 37.4 Å². The molecular formula is C16H21N3S. The number of nitrogens with zero attached hydrogens (tertiary/aromatic N) is 2. The van der Waals surface area contributed by atoms with Crippen LogP contribution in [0.3, 0.4) is 0 Å². The lowest BCUT2D eigenvalue weighted by Gasteiger charge is -2.19. The van der Waals surface area contributed by atoms with Crippen molar-refractivity contribution in [2.24, 2.45) is 0 Å². The highest BCUT2D eigenvalue weighted by Crippen LogP contribution is 2.30. The summed E-state index contributed by atoms with van der Waals surface area (Å²) in [5.74, 6) is 1.96. The molecule has 1 N–H and O–H groups in total. The maximum atomic E-state index is 4.84. The number of thiophene rings is 1. The van der Waals surface area contributed by atoms with E-state index in [-0.39, 0.29) is 0 Å². The number of anilines is 1. The van der Waals surface area contributed by atoms with E-state index in [9.17, 15) is 0 Å². The van der Waals surface area contributed by atoms with E-state index in [2.05, 4.69) is 29.9 Å². The summed E-state index contributed by atoms with van der Waals surface area (Å²) in [5.41, 5.74) is 5.06. The molecule has 1 aliphatic rings. The Bertz CT molecular complexity index is 604. The molecule has 0 aromatic carbocycles. The van der Waals surface area contributed by atoms with Crippen molar-refractivity contribution in [3.05, 3.63) is 27.6 Å². The van der Waals surface area contributed by atoms with Gasteiger partial charge in [0.1, 0.15) is 5.82 Å². The molecule has 0 saturated carbocycles. The van der Waals surface area contributed by atoms with Crippen LogP contribution in [-0.2, 0) is 12.8 Å². The minimum atomic E-state index is 0.892. The predicted molar refractivity (Wildman–Crippen MR) is 85.5 cm³/mol. The molecule has 0 amide bonds. The van der Waals surface area contributed by atoms with Crippen molar-refractivity contribution in [2.45, 2.75) is 46.0 Å². The van der Waals surface area contributed by atoms with Crippen molar-refractivity contribution < 1.29 is 0 Å². The number of rotatable bonds is 4. The molecule has 4 heteroatoms. The molecule has 0 aliphatic heterocycles. The van der Waals surface area contributed by atoms with Crippen LogP contribution in [0.1, 0.15) is 43.0 Å². The van der Waals surface area contributed by atoms with E-state index < -0.39 is 0 Å². The normalized spacial score (nSPS) is 14.1. The second kappa shape index (κ2) is 5.92. The summed E-state index contributed by atoms with van der Waals surface area (Å²) in [6.07, 6.45) is 5.83. The van der Waals surface area contributed by atoms with Gasteiger partial charge in [-0.15, -0.1) is 0 Å². The first-order valence-electron chi connectivity index (χ1n) is 7.46. The molecule has 20 heavy (non-hydrogen) atoms. The third-order valence-corrected chi connectivity index (χ3v) is 4.68. The van der Waals surface area contributed by atoms with Crippen molar-refractivity contribution in [3.63, 3.8) is 0 Å². The Morgan fingerprint density at radius 1 is 1.20 bits per heavy atom. The number of nitrogens with one attached hydrogen (secondary N) is 1. The van der Waals surface area contributed by atoms with E-state index in [1.807, 2.05) is 0 Å². The number of fused-ring (bicyclic) bond motifs is 1. The number of aromatic nitrogens is 2. The quantitative estimate of drug-likeness (QED) is 0.915. The van der Waals surface area contributed by atoms with Crippen LogP contribution in [0, 0.1) is 6.92 Å². The zero-order chi connectivity index (χ0) is 13.9. The molecule has 3 rings (SSSR count). The molecular weight excluding hydrogens is 266 g/mol. The molecule has 2 heterocycles. The van der Waals surface area contributed by atoms with Gasteiger partial charge in [0.15, 0.2) is 5.82 Å². The maximum Gasteiger partial charge on any atom is 0.162 e. The Labute approximate surface area is 124 Å². The zero-order valence-corrected chi connectivity index (χ0v) is 13.0. The highest BCUT2D eigenvalue weighted by Gasteiger charge is 2.19. The standard InChI is InChI=1S/C16H21N3S/c1-3-8-17-15-12-6-4-5-7-14(12)18-16(19-15)13-10-20-9-11(13)2/h9-10H,3-8H2,1-2H3,(H,17,18,19). The van der Waals surface area contributed by atoms with Gasteiger partial charge in [0.2, 0.25) is 0 Å². The number of aryl methyl sites for hydroxylation is 2. The van der Waals surface area contributed by atoms with Crippen LogP contribution in [0.2, 0.25) is 0 Å². The van der Waals surface area contributed by atoms with Crippen LogP contribution in [0.4, 0.5) is 5.82 Å². The Morgan fingerprint density at radius 3 is 2.80 bits per heavy atom. The van der Waals surface area contributed by atoms with Gasteiger partial charge >= 0.3 is 0 Å². The highest BCUT2D eigenvalue weighted by atomic mass is 32.1. The zero-order valence-electron chi connectivity index (χ0n) is 12.2. The number of hydrogen-bond donors (Lipinski definition) is 1. The summed E-state index contributed by atoms with van der Waals surface area (Å²) in [6.45, 7) is 5.30. The second-order valence-electron chi connectivity index (χ2n) is 5.42. The topological polar surface area (TPSA) is 37.8 Å². The second-order valence-corrected chi connectivity index (χ2v) is 6.17. The monoisotopic (exact) mass is 287 g/mol. The van der Waals surface area contributed by atoms with Gasteiger partial charge in [-0.25, -0.2) is 9.97 Å². The molecule has 3 nitrogen and oxygen atoms in total. The highest BCUT2D eigenvalue weighted by molar-refractivity contribution is 7.08. The first kappa shape index (κ1) is 13.6. The predicted octanol–water partition coefficient (Wildman–Crippen LogP) is 4.21. The van der Waals surface area contributed by atoms with Crippen molar-refractivity contribution in [2.75, 3.05) is 11.9 Å². The van der Waals surface area contributed by atoms with E-state index in [1.54, 1.807) is 11.3 Å². The van der Waals surface area contributed by atoms with Crippen molar-refractivity contribution in [1.29, 1.82) is 0 Å². The maximum absolute atomic E-state index is 4.84. The van der Waals surface area contributed by atoms with Crippen LogP contribution in [0.5, 0.6) is 0 Å². The summed E-state index contributed by atoms with van der Waals surface area (Å²) in [4.78, 5) is 9.65. The van der Waals surface area contributed by atoms with Crippen LogP contribution in [-0.4, -0.2) is 16.5 Å². The molecule has 106 valence electrons. The van der Waals surface area contributed by atoms with Gasteiger partial charge in [0.25, 0.3) is 0 Å². The number of hydrogen-bond acceptors (Lipinski definition) is 4. The van der Waals surface area contributed by atoms with Crippen LogP contribution < -0.4 is 5.32 Å². The van der Waals surface area contributed by atoms with E-state index in [4.69, 9.17) is 9.97 Å². The Morgan fingerprint density at radius 2 is 2.05 bits per heavy atom. The third kappa shape index (κ3) is 2.57. The van der Waals surface area contributed by atoms with Gasteiger partial charge in [-0.1, -0.05) is 6.92 Å². The van der Waals surface area contributed by atoms with Gasteiger partial charge in [-0.2, -0.15) is 11.3 Å². The summed E-state index contributed by atoms with van der Waals surface area (Å²) in [5, 5.41) is 7.82. The largest absolute Gasteiger partial charge is 0.370 e. The fourth-order valence-corrected chi connectivity index (χ4v) is 3.52. The van der Waals surface area contributed by atoms with Crippen molar-refractivity contribution in [3.8, 4) is 11.4 Å². The first-order valence-corrected chi connectivity index (χ1v) is 8.40. The van der Waals surface area contributed by atoms with Gasteiger partial charge in [-0.05, 0) is 50.0 Å². The fourth-order valence-electron chi connectivity index (χ4n) is 2.69. The lowest BCUT2D eigenvalue weighted by Crippen LogP contribution is -2.14. The smallest absolute Gasteiger partial charge is 0.162 e. The minimum Gasteiger partial charge on any atom is -0.370 e. The van der Waals surface area contributed by atoms with E-state index in [0.29, 0.717) is 0 Å². The van der Waals surface area contributed by atoms with Gasteiger partial charge in [0.05, 0.1) is 0 Å². The van der Waals surface area contributed by atoms with Crippen molar-refractivity contribution in [1.82, 2.24) is 9.97 Å². The molecule has 0 spiro atoms. The summed E-state index contributed by atoms with van der Waals surface area (Å²) >= 11 is 1.72. The molecule has 2 aromatic heterocycles. The molecule has 0 atom stereocenters. The lowest BCUT2D eigenvalue weighted by molar-refractivity contribution is 0.664. The summed E-state index contributed by atoms with van der Waals surface area (Å²) in [7, 11) is 0. The summed E-state index contributed by atoms with van der Waals surface area (Å²) < 4.78 is 0.